The number of hydrogen-bond donors (Lipinski definition) is 0. The van der Waals surface area contributed by atoms with Gasteiger partial charge in [0, 0.05) is 11.3 Å². The lowest BCUT2D eigenvalue weighted by molar-refractivity contribution is -0.115. The lowest BCUT2D eigenvalue weighted by Gasteiger charge is -2.04. The van der Waals surface area contributed by atoms with E-state index in [1.807, 2.05) is 25.1 Å². The molecule has 0 fully saturated rings. The summed E-state index contributed by atoms with van der Waals surface area (Å²) in [5.41, 5.74) is 2.16. The van der Waals surface area contributed by atoms with E-state index in [4.69, 9.17) is 0 Å². The highest BCUT2D eigenvalue weighted by Gasteiger charge is 2.04. The van der Waals surface area contributed by atoms with Crippen LogP contribution in [0.25, 0.3) is 0 Å². The van der Waals surface area contributed by atoms with E-state index in [0.717, 1.165) is 5.57 Å². The molecule has 1 rings (SSSR count). The first-order valence-electron chi connectivity index (χ1n) is 4.94. The molecule has 1 aromatic rings. The topological polar surface area (TPSA) is 17.1 Å². The molecule has 0 heterocycles. The average molecular weight is 220 g/mol. The van der Waals surface area contributed by atoms with Gasteiger partial charge in [-0.25, -0.2) is 0 Å². The lowest BCUT2D eigenvalue weighted by Crippen LogP contribution is -2.01. The summed E-state index contributed by atoms with van der Waals surface area (Å²) in [5, 5.41) is 0. The van der Waals surface area contributed by atoms with E-state index in [9.17, 15) is 4.79 Å². The van der Waals surface area contributed by atoms with Crippen LogP contribution >= 0.6 is 11.8 Å². The molecule has 0 amide bonds. The Morgan fingerprint density at radius 3 is 2.67 bits per heavy atom. The predicted molar refractivity (Wildman–Crippen MR) is 66.3 cm³/mol. The molecule has 0 radical (unpaired) electrons. The molecular weight excluding hydrogens is 204 g/mol. The van der Waals surface area contributed by atoms with Crippen molar-refractivity contribution in [2.24, 2.45) is 0 Å². The normalized spacial score (nSPS) is 10.0. The number of benzene rings is 1. The van der Waals surface area contributed by atoms with Crippen LogP contribution in [0, 0.1) is 6.92 Å². The third-order valence-electron chi connectivity index (χ3n) is 1.98. The first kappa shape index (κ1) is 12.1. The molecule has 0 atom stereocenters. The summed E-state index contributed by atoms with van der Waals surface area (Å²) >= 11 is 1.61. The van der Waals surface area contributed by atoms with Gasteiger partial charge in [0.2, 0.25) is 0 Å². The van der Waals surface area contributed by atoms with Crippen molar-refractivity contribution in [1.29, 1.82) is 0 Å². The van der Waals surface area contributed by atoms with Crippen molar-refractivity contribution in [3.63, 3.8) is 0 Å². The number of hydrogen-bond acceptors (Lipinski definition) is 2. The lowest BCUT2D eigenvalue weighted by atomic mass is 10.2. The summed E-state index contributed by atoms with van der Waals surface area (Å²) < 4.78 is 0. The number of rotatable bonds is 5. The minimum atomic E-state index is 0.246. The van der Waals surface area contributed by atoms with Gasteiger partial charge in [0.05, 0.1) is 5.75 Å². The van der Waals surface area contributed by atoms with Crippen molar-refractivity contribution >= 4 is 17.5 Å². The molecule has 0 saturated heterocycles. The highest BCUT2D eigenvalue weighted by Crippen LogP contribution is 2.22. The van der Waals surface area contributed by atoms with Gasteiger partial charge in [-0.2, -0.15) is 0 Å². The zero-order valence-corrected chi connectivity index (χ0v) is 10.1. The molecule has 0 N–H and O–H groups in total. The molecule has 0 spiro atoms. The largest absolute Gasteiger partial charge is 0.298 e. The molecule has 15 heavy (non-hydrogen) atoms. The van der Waals surface area contributed by atoms with Gasteiger partial charge in [-0.15, -0.1) is 11.8 Å². The molecule has 0 aromatic heterocycles. The van der Waals surface area contributed by atoms with Crippen molar-refractivity contribution in [3.05, 3.63) is 42.0 Å². The standard InChI is InChI=1S/C13H16OS/c1-10(2)8-12(14)9-15-13-7-5-4-6-11(13)3/h4-7H,1,8-9H2,2-3H3. The Bertz CT molecular complexity index is 369. The van der Waals surface area contributed by atoms with Crippen LogP contribution in [-0.2, 0) is 4.79 Å². The third kappa shape index (κ3) is 4.34. The Hall–Kier alpha value is -1.02. The van der Waals surface area contributed by atoms with Crippen LogP contribution in [0.1, 0.15) is 18.9 Å². The molecule has 1 aromatic carbocycles. The van der Waals surface area contributed by atoms with E-state index in [1.165, 1.54) is 10.5 Å². The number of aryl methyl sites for hydroxylation is 1. The molecule has 0 aliphatic carbocycles. The molecule has 0 aliphatic heterocycles. The van der Waals surface area contributed by atoms with E-state index < -0.39 is 0 Å². The van der Waals surface area contributed by atoms with E-state index in [1.54, 1.807) is 11.8 Å². The second-order valence-electron chi connectivity index (χ2n) is 3.73. The van der Waals surface area contributed by atoms with Gasteiger partial charge >= 0.3 is 0 Å². The van der Waals surface area contributed by atoms with E-state index in [0.29, 0.717) is 12.2 Å². The number of Topliss-reactive ketones (excluding diaryl/α,β-unsaturated/α-hetero) is 1. The summed E-state index contributed by atoms with van der Waals surface area (Å²) in [7, 11) is 0. The number of thioether (sulfide) groups is 1. The molecule has 0 saturated carbocycles. The number of ketones is 1. The average Bonchev–Trinajstić information content (AvgIpc) is 2.15. The van der Waals surface area contributed by atoms with Crippen molar-refractivity contribution in [2.75, 3.05) is 5.75 Å². The van der Waals surface area contributed by atoms with Crippen molar-refractivity contribution in [3.8, 4) is 0 Å². The zero-order chi connectivity index (χ0) is 11.3. The van der Waals surface area contributed by atoms with Crippen LogP contribution in [0.15, 0.2) is 41.3 Å². The van der Waals surface area contributed by atoms with E-state index >= 15 is 0 Å². The molecule has 0 bridgehead atoms. The summed E-state index contributed by atoms with van der Waals surface area (Å²) in [4.78, 5) is 12.6. The van der Waals surface area contributed by atoms with Gasteiger partial charge < -0.3 is 0 Å². The van der Waals surface area contributed by atoms with E-state index in [-0.39, 0.29) is 5.78 Å². The first-order chi connectivity index (χ1) is 7.09. The first-order valence-corrected chi connectivity index (χ1v) is 5.92. The zero-order valence-electron chi connectivity index (χ0n) is 9.25. The van der Waals surface area contributed by atoms with Crippen LogP contribution in [-0.4, -0.2) is 11.5 Å². The Morgan fingerprint density at radius 1 is 1.40 bits per heavy atom. The Kier molecular flexibility index (Phi) is 4.63. The van der Waals surface area contributed by atoms with Crippen molar-refractivity contribution in [1.82, 2.24) is 0 Å². The number of carbonyl (C=O) groups excluding carboxylic acids is 1. The van der Waals surface area contributed by atoms with Gasteiger partial charge in [-0.1, -0.05) is 30.4 Å². The van der Waals surface area contributed by atoms with Gasteiger partial charge in [-0.05, 0) is 25.5 Å². The Balaban J connectivity index is 2.47. The fraction of sp³-hybridized carbons (Fsp3) is 0.308. The van der Waals surface area contributed by atoms with Gasteiger partial charge in [0.15, 0.2) is 0 Å². The highest BCUT2D eigenvalue weighted by molar-refractivity contribution is 8.00. The predicted octanol–water partition coefficient (Wildman–Crippen LogP) is 3.62. The number of allylic oxidation sites excluding steroid dienone is 1. The van der Waals surface area contributed by atoms with Crippen LogP contribution in [0.4, 0.5) is 0 Å². The van der Waals surface area contributed by atoms with Gasteiger partial charge in [0.25, 0.3) is 0 Å². The minimum Gasteiger partial charge on any atom is -0.298 e. The van der Waals surface area contributed by atoms with Crippen molar-refractivity contribution < 1.29 is 4.79 Å². The van der Waals surface area contributed by atoms with Gasteiger partial charge in [-0.3, -0.25) is 4.79 Å². The van der Waals surface area contributed by atoms with Crippen LogP contribution in [0.2, 0.25) is 0 Å². The molecule has 0 aliphatic rings. The molecule has 80 valence electrons. The SMILES string of the molecule is C=C(C)CC(=O)CSc1ccccc1C. The second kappa shape index (κ2) is 5.76. The Labute approximate surface area is 95.6 Å². The maximum atomic E-state index is 11.5. The monoisotopic (exact) mass is 220 g/mol. The molecular formula is C13H16OS. The quantitative estimate of drug-likeness (QED) is 0.557. The fourth-order valence-corrected chi connectivity index (χ4v) is 2.15. The van der Waals surface area contributed by atoms with Crippen LogP contribution in [0.3, 0.4) is 0 Å². The Morgan fingerprint density at radius 2 is 2.07 bits per heavy atom. The molecule has 2 heteroatoms. The summed E-state index contributed by atoms with van der Waals surface area (Å²) in [6.45, 7) is 7.68. The summed E-state index contributed by atoms with van der Waals surface area (Å²) in [6, 6.07) is 8.12. The van der Waals surface area contributed by atoms with Crippen LogP contribution in [0.5, 0.6) is 0 Å². The van der Waals surface area contributed by atoms with Crippen LogP contribution < -0.4 is 0 Å². The summed E-state index contributed by atoms with van der Waals surface area (Å²) in [5.74, 6) is 0.785. The van der Waals surface area contributed by atoms with Gasteiger partial charge in [0.1, 0.15) is 5.78 Å². The fourth-order valence-electron chi connectivity index (χ4n) is 1.26. The second-order valence-corrected chi connectivity index (χ2v) is 4.74. The maximum Gasteiger partial charge on any atom is 0.147 e. The smallest absolute Gasteiger partial charge is 0.147 e. The molecule has 0 unspecified atom stereocenters. The highest BCUT2D eigenvalue weighted by atomic mass is 32.2. The number of carbonyl (C=O) groups is 1. The molecule has 1 nitrogen and oxygen atoms in total. The minimum absolute atomic E-state index is 0.246. The maximum absolute atomic E-state index is 11.5. The van der Waals surface area contributed by atoms with E-state index in [2.05, 4.69) is 19.6 Å². The summed E-state index contributed by atoms with van der Waals surface area (Å²) in [6.07, 6.45) is 0.499. The van der Waals surface area contributed by atoms with Crippen molar-refractivity contribution in [2.45, 2.75) is 25.2 Å². The third-order valence-corrected chi connectivity index (χ3v) is 3.22.